The fraction of sp³-hybridized carbons (Fsp3) is 0.400. The molecule has 3 rings (SSSR count). The number of hydrogen-bond acceptors (Lipinski definition) is 5. The molecule has 1 unspecified atom stereocenters. The summed E-state index contributed by atoms with van der Waals surface area (Å²) >= 11 is 0. The van der Waals surface area contributed by atoms with Crippen molar-refractivity contribution in [3.63, 3.8) is 0 Å². The number of benzene rings is 1. The lowest BCUT2D eigenvalue weighted by Gasteiger charge is -2.33. The van der Waals surface area contributed by atoms with Gasteiger partial charge in [0.05, 0.1) is 22.8 Å². The van der Waals surface area contributed by atoms with Gasteiger partial charge in [0.25, 0.3) is 5.69 Å². The Kier molecular flexibility index (Phi) is 6.57. The maximum Gasteiger partial charge on any atom is 0.276 e. The number of nitro groups is 1. The van der Waals surface area contributed by atoms with Crippen LogP contribution in [-0.2, 0) is 0 Å². The highest BCUT2D eigenvalue weighted by molar-refractivity contribution is 5.60. The summed E-state index contributed by atoms with van der Waals surface area (Å²) in [5.41, 5.74) is 0.753. The maximum absolute atomic E-state index is 11.0. The molecule has 1 fully saturated rings. The van der Waals surface area contributed by atoms with Crippen LogP contribution in [0, 0.1) is 10.1 Å². The van der Waals surface area contributed by atoms with Crippen molar-refractivity contribution >= 4 is 11.8 Å². The van der Waals surface area contributed by atoms with Gasteiger partial charge in [-0.25, -0.2) is 0 Å². The van der Waals surface area contributed by atoms with Gasteiger partial charge in [-0.05, 0) is 44.1 Å². The molecule has 1 N–H and O–H groups in total. The van der Waals surface area contributed by atoms with Gasteiger partial charge < -0.3 is 9.73 Å². The van der Waals surface area contributed by atoms with Crippen LogP contribution in [0.4, 0.5) is 5.69 Å². The second-order valence-electron chi connectivity index (χ2n) is 6.50. The molecule has 1 aromatic heterocycles. The van der Waals surface area contributed by atoms with Crippen molar-refractivity contribution in [2.24, 2.45) is 0 Å². The van der Waals surface area contributed by atoms with Gasteiger partial charge in [-0.15, -0.1) is 0 Å². The Hall–Kier alpha value is -2.44. The highest BCUT2D eigenvalue weighted by atomic mass is 16.6. The van der Waals surface area contributed by atoms with E-state index in [0.717, 1.165) is 25.4 Å². The van der Waals surface area contributed by atoms with Gasteiger partial charge in [0.1, 0.15) is 5.76 Å². The molecule has 1 aliphatic heterocycles. The number of nitrogens with zero attached hydrogens (tertiary/aromatic N) is 2. The van der Waals surface area contributed by atoms with Gasteiger partial charge in [-0.1, -0.05) is 30.7 Å². The van der Waals surface area contributed by atoms with E-state index in [1.165, 1.54) is 25.3 Å². The summed E-state index contributed by atoms with van der Waals surface area (Å²) in [6, 6.07) is 11.0. The summed E-state index contributed by atoms with van der Waals surface area (Å²) in [5.74, 6) is 0.988. The lowest BCUT2D eigenvalue weighted by molar-refractivity contribution is -0.385. The topological polar surface area (TPSA) is 71.5 Å². The number of nitro benzene ring substituents is 1. The molecule has 1 atom stereocenters. The third kappa shape index (κ3) is 4.80. The van der Waals surface area contributed by atoms with E-state index in [0.29, 0.717) is 12.1 Å². The van der Waals surface area contributed by atoms with Crippen LogP contribution in [0.5, 0.6) is 0 Å². The molecular formula is C20H25N3O3. The minimum Gasteiger partial charge on any atom is -0.468 e. The molecule has 26 heavy (non-hydrogen) atoms. The monoisotopic (exact) mass is 355 g/mol. The fourth-order valence-corrected chi connectivity index (χ4v) is 3.40. The average molecular weight is 355 g/mol. The Balaban J connectivity index is 1.56. The van der Waals surface area contributed by atoms with E-state index in [2.05, 4.69) is 10.2 Å². The van der Waals surface area contributed by atoms with E-state index < -0.39 is 0 Å². The summed E-state index contributed by atoms with van der Waals surface area (Å²) in [6.45, 7) is 3.63. The molecule has 0 radical (unpaired) electrons. The second kappa shape index (κ2) is 9.31. The predicted octanol–water partition coefficient (Wildman–Crippen LogP) is 4.02. The van der Waals surface area contributed by atoms with E-state index in [4.69, 9.17) is 4.42 Å². The van der Waals surface area contributed by atoms with E-state index in [9.17, 15) is 10.1 Å². The first-order valence-electron chi connectivity index (χ1n) is 9.14. The van der Waals surface area contributed by atoms with Crippen LogP contribution in [0.15, 0.2) is 53.2 Å². The lowest BCUT2D eigenvalue weighted by Crippen LogP contribution is -2.39. The number of nitrogens with one attached hydrogen (secondary N) is 1. The first-order valence-corrected chi connectivity index (χ1v) is 9.14. The average Bonchev–Trinajstić information content (AvgIpc) is 3.20. The van der Waals surface area contributed by atoms with Crippen LogP contribution in [0.2, 0.25) is 0 Å². The molecule has 0 bridgehead atoms. The largest absolute Gasteiger partial charge is 0.468 e. The van der Waals surface area contributed by atoms with E-state index in [1.54, 1.807) is 24.5 Å². The number of likely N-dealkylation sites (tertiary alicyclic amines) is 1. The van der Waals surface area contributed by atoms with Crippen LogP contribution in [0.1, 0.15) is 36.6 Å². The minimum absolute atomic E-state index is 0.130. The van der Waals surface area contributed by atoms with E-state index in [-0.39, 0.29) is 16.7 Å². The van der Waals surface area contributed by atoms with Crippen LogP contribution in [-0.4, -0.2) is 36.0 Å². The SMILES string of the molecule is O=[N+]([O-])c1ccccc1/C=C/CNCC(c1ccco1)N1CCCCC1. The standard InChI is InChI=1S/C20H25N3O3/c24-23(25)18-10-3-2-8-17(18)9-6-12-21-16-19(20-11-7-15-26-20)22-13-4-1-5-14-22/h2-3,6-11,15,19,21H,1,4-5,12-14,16H2/b9-6+. The highest BCUT2D eigenvalue weighted by Gasteiger charge is 2.23. The first kappa shape index (κ1) is 18.4. The third-order valence-corrected chi connectivity index (χ3v) is 4.73. The number of piperidine rings is 1. The lowest BCUT2D eigenvalue weighted by atomic mass is 10.1. The predicted molar refractivity (Wildman–Crippen MR) is 102 cm³/mol. The highest BCUT2D eigenvalue weighted by Crippen LogP contribution is 2.24. The Bertz CT molecular complexity index is 722. The van der Waals surface area contributed by atoms with Crippen LogP contribution >= 0.6 is 0 Å². The van der Waals surface area contributed by atoms with Crippen molar-refractivity contribution in [2.45, 2.75) is 25.3 Å². The van der Waals surface area contributed by atoms with Crippen LogP contribution in [0.25, 0.3) is 6.08 Å². The van der Waals surface area contributed by atoms with Crippen LogP contribution in [0.3, 0.4) is 0 Å². The normalized spacial score (nSPS) is 16.8. The number of para-hydroxylation sites is 1. The van der Waals surface area contributed by atoms with Crippen LogP contribution < -0.4 is 5.32 Å². The summed E-state index contributed by atoms with van der Waals surface area (Å²) in [6.07, 6.45) is 9.21. The Morgan fingerprint density at radius 1 is 1.19 bits per heavy atom. The molecule has 1 aliphatic rings. The van der Waals surface area contributed by atoms with Gasteiger partial charge in [-0.3, -0.25) is 15.0 Å². The van der Waals surface area contributed by atoms with E-state index in [1.807, 2.05) is 24.3 Å². The van der Waals surface area contributed by atoms with Gasteiger partial charge in [0, 0.05) is 19.2 Å². The zero-order valence-electron chi connectivity index (χ0n) is 14.8. The van der Waals surface area contributed by atoms with Crippen molar-refractivity contribution in [2.75, 3.05) is 26.2 Å². The Morgan fingerprint density at radius 2 is 2.00 bits per heavy atom. The zero-order chi connectivity index (χ0) is 18.2. The molecule has 6 heteroatoms. The molecule has 1 saturated heterocycles. The Morgan fingerprint density at radius 3 is 2.73 bits per heavy atom. The molecule has 0 saturated carbocycles. The third-order valence-electron chi connectivity index (χ3n) is 4.73. The maximum atomic E-state index is 11.0. The number of furan rings is 1. The van der Waals surface area contributed by atoms with Gasteiger partial charge in [0.2, 0.25) is 0 Å². The van der Waals surface area contributed by atoms with Crippen molar-refractivity contribution in [3.8, 4) is 0 Å². The quantitative estimate of drug-likeness (QED) is 0.440. The minimum atomic E-state index is -0.351. The molecule has 1 aromatic carbocycles. The summed E-state index contributed by atoms with van der Waals surface area (Å²) in [5, 5.41) is 14.5. The number of rotatable bonds is 8. The van der Waals surface area contributed by atoms with Crippen molar-refractivity contribution in [1.82, 2.24) is 10.2 Å². The summed E-state index contributed by atoms with van der Waals surface area (Å²) in [7, 11) is 0. The molecular weight excluding hydrogens is 330 g/mol. The van der Waals surface area contributed by atoms with Gasteiger partial charge in [0.15, 0.2) is 0 Å². The van der Waals surface area contributed by atoms with Crippen molar-refractivity contribution in [3.05, 3.63) is 70.2 Å². The van der Waals surface area contributed by atoms with E-state index >= 15 is 0 Å². The first-order chi connectivity index (χ1) is 12.8. The van der Waals surface area contributed by atoms with Gasteiger partial charge in [-0.2, -0.15) is 0 Å². The smallest absolute Gasteiger partial charge is 0.276 e. The van der Waals surface area contributed by atoms with Gasteiger partial charge >= 0.3 is 0 Å². The second-order valence-corrected chi connectivity index (χ2v) is 6.50. The molecule has 2 heterocycles. The zero-order valence-corrected chi connectivity index (χ0v) is 14.8. The molecule has 0 aliphatic carbocycles. The molecule has 6 nitrogen and oxygen atoms in total. The Labute approximate surface area is 153 Å². The molecule has 0 amide bonds. The molecule has 2 aromatic rings. The molecule has 138 valence electrons. The van der Waals surface area contributed by atoms with Crippen molar-refractivity contribution < 1.29 is 9.34 Å². The molecule has 0 spiro atoms. The number of hydrogen-bond donors (Lipinski definition) is 1. The fourth-order valence-electron chi connectivity index (χ4n) is 3.40. The van der Waals surface area contributed by atoms with Crippen molar-refractivity contribution in [1.29, 1.82) is 0 Å². The summed E-state index contributed by atoms with van der Waals surface area (Å²) < 4.78 is 5.64. The summed E-state index contributed by atoms with van der Waals surface area (Å²) in [4.78, 5) is 13.2.